The van der Waals surface area contributed by atoms with E-state index in [0.29, 0.717) is 13.0 Å². The molecular weight excluding hydrogens is 304 g/mol. The van der Waals surface area contributed by atoms with Crippen LogP contribution in [0.5, 0.6) is 0 Å². The summed E-state index contributed by atoms with van der Waals surface area (Å²) in [6.45, 7) is 0.433. The zero-order valence-corrected chi connectivity index (χ0v) is 14.1. The zero-order chi connectivity index (χ0) is 17.0. The van der Waals surface area contributed by atoms with Crippen LogP contribution in [0.3, 0.4) is 0 Å². The maximum atomic E-state index is 11.1. The Balaban J connectivity index is 1.58. The van der Waals surface area contributed by atoms with E-state index in [1.165, 1.54) is 38.5 Å². The van der Waals surface area contributed by atoms with Crippen LogP contribution in [-0.4, -0.2) is 40.5 Å². The van der Waals surface area contributed by atoms with E-state index in [1.807, 2.05) is 30.3 Å². The van der Waals surface area contributed by atoms with E-state index >= 15 is 0 Å². The molecule has 0 aromatic heterocycles. The molecule has 3 fully saturated rings. The molecule has 5 nitrogen and oxygen atoms in total. The normalized spacial score (nSPS) is 28.3. The third-order valence-corrected chi connectivity index (χ3v) is 5.85. The van der Waals surface area contributed by atoms with Crippen molar-refractivity contribution in [3.8, 4) is 0 Å². The Hall–Kier alpha value is -1.59. The van der Waals surface area contributed by atoms with E-state index in [2.05, 4.69) is 10.6 Å². The van der Waals surface area contributed by atoms with Crippen molar-refractivity contribution in [3.05, 3.63) is 35.9 Å². The Labute approximate surface area is 143 Å². The Morgan fingerprint density at radius 1 is 1.17 bits per heavy atom. The number of nitrogens with one attached hydrogen (secondary N) is 2. The number of benzene rings is 1. The number of hydrogen-bond donors (Lipinski definition) is 4. The van der Waals surface area contributed by atoms with Gasteiger partial charge in [-0.3, -0.25) is 0 Å². The van der Waals surface area contributed by atoms with Crippen LogP contribution >= 0.6 is 0 Å². The number of amides is 1. The van der Waals surface area contributed by atoms with Crippen LogP contribution < -0.4 is 10.6 Å². The van der Waals surface area contributed by atoms with Gasteiger partial charge in [0.15, 0.2) is 0 Å². The molecule has 0 spiro atoms. The molecule has 4 N–H and O–H groups in total. The predicted octanol–water partition coefficient (Wildman–Crippen LogP) is 2.54. The number of hydrogen-bond acceptors (Lipinski definition) is 3. The molecule has 1 aromatic rings. The van der Waals surface area contributed by atoms with Gasteiger partial charge in [0, 0.05) is 12.1 Å². The Bertz CT molecular complexity index is 527. The van der Waals surface area contributed by atoms with Crippen molar-refractivity contribution in [1.29, 1.82) is 0 Å². The van der Waals surface area contributed by atoms with E-state index in [4.69, 9.17) is 5.11 Å². The summed E-state index contributed by atoms with van der Waals surface area (Å²) in [5, 5.41) is 25.7. The molecule has 24 heavy (non-hydrogen) atoms. The summed E-state index contributed by atoms with van der Waals surface area (Å²) < 4.78 is 0. The minimum atomic E-state index is -1.09. The van der Waals surface area contributed by atoms with Crippen LogP contribution in [0.4, 0.5) is 4.79 Å². The van der Waals surface area contributed by atoms with Crippen molar-refractivity contribution in [2.75, 3.05) is 6.54 Å². The molecule has 2 atom stereocenters. The molecule has 0 aliphatic heterocycles. The highest BCUT2D eigenvalue weighted by Crippen LogP contribution is 2.43. The summed E-state index contributed by atoms with van der Waals surface area (Å²) >= 11 is 0. The molecule has 132 valence electrons. The minimum absolute atomic E-state index is 0.163. The summed E-state index contributed by atoms with van der Waals surface area (Å²) in [5.41, 5.74) is 1.18. The van der Waals surface area contributed by atoms with E-state index in [-0.39, 0.29) is 5.54 Å². The van der Waals surface area contributed by atoms with Gasteiger partial charge >= 0.3 is 6.09 Å². The highest BCUT2D eigenvalue weighted by Gasteiger charge is 2.40. The van der Waals surface area contributed by atoms with Crippen LogP contribution in [-0.2, 0) is 6.42 Å². The molecule has 3 saturated carbocycles. The lowest BCUT2D eigenvalue weighted by atomic mass is 9.66. The standard InChI is InChI=1S/C19H28N2O3/c22-17(13-20-19-9-6-14(7-10-19)8-11-19)16(21-18(23)24)12-15-4-2-1-3-5-15/h1-5,14,16-17,20-22H,6-13H2,(H,23,24)/t14?,16-,17-,19?/m0/s1. The van der Waals surface area contributed by atoms with Crippen molar-refractivity contribution in [3.63, 3.8) is 0 Å². The smallest absolute Gasteiger partial charge is 0.404 e. The summed E-state index contributed by atoms with van der Waals surface area (Å²) in [6.07, 6.45) is 6.05. The molecular formula is C19H28N2O3. The van der Waals surface area contributed by atoms with Crippen molar-refractivity contribution in [1.82, 2.24) is 10.6 Å². The number of carboxylic acid groups (broad SMARTS) is 1. The second-order valence-corrected chi connectivity index (χ2v) is 7.46. The van der Waals surface area contributed by atoms with E-state index in [9.17, 15) is 9.90 Å². The highest BCUT2D eigenvalue weighted by atomic mass is 16.4. The van der Waals surface area contributed by atoms with E-state index in [1.54, 1.807) is 0 Å². The second-order valence-electron chi connectivity index (χ2n) is 7.46. The minimum Gasteiger partial charge on any atom is -0.465 e. The SMILES string of the molecule is O=C(O)N[C@@H](Cc1ccccc1)[C@@H](O)CNC12CCC(CC1)CC2. The first-order valence-corrected chi connectivity index (χ1v) is 9.03. The second kappa shape index (κ2) is 7.53. The first-order valence-electron chi connectivity index (χ1n) is 9.03. The highest BCUT2D eigenvalue weighted by molar-refractivity contribution is 5.65. The van der Waals surface area contributed by atoms with Crippen LogP contribution in [0.25, 0.3) is 0 Å². The molecule has 1 amide bonds. The monoisotopic (exact) mass is 332 g/mol. The van der Waals surface area contributed by atoms with E-state index in [0.717, 1.165) is 11.5 Å². The van der Waals surface area contributed by atoms with Gasteiger partial charge < -0.3 is 20.8 Å². The lowest BCUT2D eigenvalue weighted by molar-refractivity contribution is 0.0690. The van der Waals surface area contributed by atoms with Crippen LogP contribution in [0.1, 0.15) is 44.1 Å². The summed E-state index contributed by atoms with van der Waals surface area (Å²) in [6, 6.07) is 9.19. The number of rotatable bonds is 7. The molecule has 0 heterocycles. The van der Waals surface area contributed by atoms with Crippen molar-refractivity contribution in [2.45, 2.75) is 62.6 Å². The average molecular weight is 332 g/mol. The molecule has 4 rings (SSSR count). The third-order valence-electron chi connectivity index (χ3n) is 5.85. The lowest BCUT2D eigenvalue weighted by Gasteiger charge is -2.47. The molecule has 3 aliphatic rings. The molecule has 0 unspecified atom stereocenters. The summed E-state index contributed by atoms with van der Waals surface area (Å²) in [4.78, 5) is 11.1. The molecule has 0 radical (unpaired) electrons. The largest absolute Gasteiger partial charge is 0.465 e. The van der Waals surface area contributed by atoms with Crippen molar-refractivity contribution < 1.29 is 15.0 Å². The zero-order valence-electron chi connectivity index (χ0n) is 14.1. The van der Waals surface area contributed by atoms with Gasteiger partial charge in [0.05, 0.1) is 12.1 Å². The maximum absolute atomic E-state index is 11.1. The van der Waals surface area contributed by atoms with Gasteiger partial charge in [-0.2, -0.15) is 0 Å². The quantitative estimate of drug-likeness (QED) is 0.618. The molecule has 5 heteroatoms. The fourth-order valence-corrected chi connectivity index (χ4v) is 4.29. The van der Waals surface area contributed by atoms with Gasteiger partial charge in [-0.05, 0) is 56.4 Å². The van der Waals surface area contributed by atoms with Gasteiger partial charge in [0.1, 0.15) is 0 Å². The third kappa shape index (κ3) is 4.28. The van der Waals surface area contributed by atoms with Gasteiger partial charge in [-0.1, -0.05) is 30.3 Å². The number of aliphatic hydroxyl groups is 1. The van der Waals surface area contributed by atoms with Gasteiger partial charge in [-0.15, -0.1) is 0 Å². The first-order chi connectivity index (χ1) is 11.6. The van der Waals surface area contributed by atoms with Gasteiger partial charge in [0.2, 0.25) is 0 Å². The van der Waals surface area contributed by atoms with Gasteiger partial charge in [0.25, 0.3) is 0 Å². The molecule has 3 aliphatic carbocycles. The van der Waals surface area contributed by atoms with Gasteiger partial charge in [-0.25, -0.2) is 4.79 Å². The lowest BCUT2D eigenvalue weighted by Crippen LogP contribution is -2.56. The van der Waals surface area contributed by atoms with Crippen LogP contribution in [0.2, 0.25) is 0 Å². The average Bonchev–Trinajstić information content (AvgIpc) is 2.61. The fourth-order valence-electron chi connectivity index (χ4n) is 4.29. The molecule has 2 bridgehead atoms. The number of fused-ring (bicyclic) bond motifs is 3. The Kier molecular flexibility index (Phi) is 5.41. The number of β-amino-alcohol motifs (C(OH)–C–C–N with tert-alkyl or cyclic N) is 1. The van der Waals surface area contributed by atoms with Crippen molar-refractivity contribution in [2.24, 2.45) is 5.92 Å². The Morgan fingerprint density at radius 2 is 1.79 bits per heavy atom. The number of carbonyl (C=O) groups is 1. The Morgan fingerprint density at radius 3 is 2.38 bits per heavy atom. The topological polar surface area (TPSA) is 81.6 Å². The molecule has 1 aromatic carbocycles. The number of aliphatic hydroxyl groups excluding tert-OH is 1. The first kappa shape index (κ1) is 17.2. The fraction of sp³-hybridized carbons (Fsp3) is 0.632. The predicted molar refractivity (Wildman–Crippen MR) is 93.0 cm³/mol. The molecule has 0 saturated heterocycles. The van der Waals surface area contributed by atoms with Crippen LogP contribution in [0, 0.1) is 5.92 Å². The van der Waals surface area contributed by atoms with Crippen LogP contribution in [0.15, 0.2) is 30.3 Å². The summed E-state index contributed by atoms with van der Waals surface area (Å²) in [5.74, 6) is 0.901. The van der Waals surface area contributed by atoms with Crippen molar-refractivity contribution >= 4 is 6.09 Å². The maximum Gasteiger partial charge on any atom is 0.404 e. The van der Waals surface area contributed by atoms with E-state index < -0.39 is 18.2 Å². The summed E-state index contributed by atoms with van der Waals surface area (Å²) in [7, 11) is 0.